The van der Waals surface area contributed by atoms with Crippen molar-refractivity contribution in [3.8, 4) is 0 Å². The van der Waals surface area contributed by atoms with Crippen molar-refractivity contribution < 1.29 is 4.39 Å². The zero-order valence-electron chi connectivity index (χ0n) is 13.5. The maximum Gasteiger partial charge on any atom is 0.123 e. The van der Waals surface area contributed by atoms with Gasteiger partial charge in [0.15, 0.2) is 0 Å². The molecule has 0 saturated heterocycles. The molecule has 0 spiro atoms. The zero-order chi connectivity index (χ0) is 15.6. The van der Waals surface area contributed by atoms with Crippen molar-refractivity contribution >= 4 is 0 Å². The van der Waals surface area contributed by atoms with Crippen LogP contribution in [0.4, 0.5) is 4.39 Å². The van der Waals surface area contributed by atoms with E-state index in [0.717, 1.165) is 5.56 Å². The van der Waals surface area contributed by atoms with Gasteiger partial charge in [-0.3, -0.25) is 0 Å². The third-order valence-electron chi connectivity index (χ3n) is 4.04. The fourth-order valence-electron chi connectivity index (χ4n) is 3.18. The Bertz CT molecular complexity index is 593. The molecule has 21 heavy (non-hydrogen) atoms. The summed E-state index contributed by atoms with van der Waals surface area (Å²) in [5.74, 6) is -0.191. The third-order valence-corrected chi connectivity index (χ3v) is 4.04. The fourth-order valence-corrected chi connectivity index (χ4v) is 3.18. The van der Waals surface area contributed by atoms with E-state index in [2.05, 4.69) is 52.1 Å². The highest BCUT2D eigenvalue weighted by molar-refractivity contribution is 5.39. The first kappa shape index (κ1) is 15.7. The van der Waals surface area contributed by atoms with Crippen molar-refractivity contribution in [3.63, 3.8) is 0 Å². The van der Waals surface area contributed by atoms with Gasteiger partial charge in [-0.2, -0.15) is 0 Å². The number of hydrogen-bond acceptors (Lipinski definition) is 1. The molecule has 2 heteroatoms. The smallest absolute Gasteiger partial charge is 0.123 e. The Morgan fingerprint density at radius 1 is 0.857 bits per heavy atom. The van der Waals surface area contributed by atoms with Gasteiger partial charge in [-0.15, -0.1) is 0 Å². The summed E-state index contributed by atoms with van der Waals surface area (Å²) in [4.78, 5) is 0. The Morgan fingerprint density at radius 3 is 1.90 bits per heavy atom. The first-order valence-corrected chi connectivity index (χ1v) is 7.47. The van der Waals surface area contributed by atoms with Gasteiger partial charge in [-0.25, -0.2) is 4.39 Å². The van der Waals surface area contributed by atoms with Crippen LogP contribution < -0.4 is 5.32 Å². The molecular formula is C19H24FN. The molecule has 0 aromatic heterocycles. The molecule has 0 aliphatic heterocycles. The molecule has 1 nitrogen and oxygen atoms in total. The van der Waals surface area contributed by atoms with Gasteiger partial charge in [0.05, 0.1) is 0 Å². The van der Waals surface area contributed by atoms with Gasteiger partial charge in [0.2, 0.25) is 0 Å². The molecule has 2 rings (SSSR count). The average Bonchev–Trinajstić information content (AvgIpc) is 2.37. The van der Waals surface area contributed by atoms with Crippen LogP contribution in [0.25, 0.3) is 0 Å². The summed E-state index contributed by atoms with van der Waals surface area (Å²) in [5, 5.41) is 3.61. The van der Waals surface area contributed by atoms with Crippen molar-refractivity contribution in [1.29, 1.82) is 0 Å². The number of rotatable bonds is 4. The zero-order valence-corrected chi connectivity index (χ0v) is 13.5. The molecule has 0 amide bonds. The lowest BCUT2D eigenvalue weighted by molar-refractivity contribution is 0.491. The minimum absolute atomic E-state index is 0.181. The van der Waals surface area contributed by atoms with E-state index in [1.807, 2.05) is 12.1 Å². The molecule has 112 valence electrons. The van der Waals surface area contributed by atoms with Crippen molar-refractivity contribution in [2.45, 2.75) is 46.7 Å². The highest BCUT2D eigenvalue weighted by Crippen LogP contribution is 2.26. The Kier molecular flexibility index (Phi) is 4.79. The minimum atomic E-state index is -0.191. The minimum Gasteiger partial charge on any atom is -0.304 e. The largest absolute Gasteiger partial charge is 0.304 e. The summed E-state index contributed by atoms with van der Waals surface area (Å²) in [7, 11) is 0. The summed E-state index contributed by atoms with van der Waals surface area (Å²) in [6.45, 7) is 10.8. The van der Waals surface area contributed by atoms with E-state index in [4.69, 9.17) is 0 Å². The summed E-state index contributed by atoms with van der Waals surface area (Å²) in [5.41, 5.74) is 6.39. The van der Waals surface area contributed by atoms with Crippen LogP contribution in [0, 0.1) is 26.6 Å². The van der Waals surface area contributed by atoms with Crippen LogP contribution in [0.2, 0.25) is 0 Å². The standard InChI is InChI=1S/C19H24FN/c1-12-10-13(2)19(14(3)11-12)16(5)21-15(4)17-6-8-18(20)9-7-17/h6-11,15-16,21H,1-5H3. The number of benzene rings is 2. The molecule has 0 heterocycles. The molecular weight excluding hydrogens is 261 g/mol. The van der Waals surface area contributed by atoms with Crippen LogP contribution in [0.1, 0.15) is 53.7 Å². The lowest BCUT2D eigenvalue weighted by Gasteiger charge is -2.24. The highest BCUT2D eigenvalue weighted by atomic mass is 19.1. The van der Waals surface area contributed by atoms with Crippen LogP contribution in [0.15, 0.2) is 36.4 Å². The molecule has 0 radical (unpaired) electrons. The fraction of sp³-hybridized carbons (Fsp3) is 0.368. The highest BCUT2D eigenvalue weighted by Gasteiger charge is 2.15. The van der Waals surface area contributed by atoms with Crippen molar-refractivity contribution in [3.05, 3.63) is 70.0 Å². The van der Waals surface area contributed by atoms with E-state index in [-0.39, 0.29) is 17.9 Å². The second-order valence-electron chi connectivity index (χ2n) is 5.97. The van der Waals surface area contributed by atoms with Gasteiger partial charge < -0.3 is 5.32 Å². The van der Waals surface area contributed by atoms with E-state index in [9.17, 15) is 4.39 Å². The van der Waals surface area contributed by atoms with Gasteiger partial charge in [0, 0.05) is 12.1 Å². The molecule has 0 bridgehead atoms. The van der Waals surface area contributed by atoms with Crippen molar-refractivity contribution in [1.82, 2.24) is 5.32 Å². The third kappa shape index (κ3) is 3.70. The second kappa shape index (κ2) is 6.40. The quantitative estimate of drug-likeness (QED) is 0.818. The van der Waals surface area contributed by atoms with Gasteiger partial charge in [0.1, 0.15) is 5.82 Å². The predicted octanol–water partition coefficient (Wildman–Crippen LogP) is 5.16. The molecule has 2 atom stereocenters. The number of aryl methyl sites for hydroxylation is 3. The van der Waals surface area contributed by atoms with Gasteiger partial charge in [-0.1, -0.05) is 29.8 Å². The lowest BCUT2D eigenvalue weighted by atomic mass is 9.94. The molecule has 2 aromatic carbocycles. The average molecular weight is 285 g/mol. The predicted molar refractivity (Wildman–Crippen MR) is 87.0 cm³/mol. The molecule has 0 saturated carbocycles. The van der Waals surface area contributed by atoms with E-state index in [1.54, 1.807) is 0 Å². The number of nitrogens with one attached hydrogen (secondary N) is 1. The van der Waals surface area contributed by atoms with Crippen LogP contribution in [0.5, 0.6) is 0 Å². The summed E-state index contributed by atoms with van der Waals surface area (Å²) >= 11 is 0. The Labute approximate surface area is 127 Å². The van der Waals surface area contributed by atoms with Crippen LogP contribution >= 0.6 is 0 Å². The maximum atomic E-state index is 13.0. The molecule has 2 unspecified atom stereocenters. The first-order chi connectivity index (χ1) is 9.88. The summed E-state index contributed by atoms with van der Waals surface area (Å²) in [6.07, 6.45) is 0. The number of halogens is 1. The topological polar surface area (TPSA) is 12.0 Å². The summed E-state index contributed by atoms with van der Waals surface area (Å²) in [6, 6.07) is 11.6. The summed E-state index contributed by atoms with van der Waals surface area (Å²) < 4.78 is 13.0. The molecule has 1 N–H and O–H groups in total. The first-order valence-electron chi connectivity index (χ1n) is 7.47. The molecule has 2 aromatic rings. The second-order valence-corrected chi connectivity index (χ2v) is 5.97. The molecule has 0 fully saturated rings. The van der Waals surface area contributed by atoms with Gasteiger partial charge in [-0.05, 0) is 69.0 Å². The molecule has 0 aliphatic rings. The molecule has 0 aliphatic carbocycles. The Hall–Kier alpha value is -1.67. The van der Waals surface area contributed by atoms with Gasteiger partial charge >= 0.3 is 0 Å². The van der Waals surface area contributed by atoms with Crippen molar-refractivity contribution in [2.24, 2.45) is 0 Å². The Morgan fingerprint density at radius 2 is 1.38 bits per heavy atom. The number of hydrogen-bond donors (Lipinski definition) is 1. The van der Waals surface area contributed by atoms with Crippen LogP contribution in [0.3, 0.4) is 0 Å². The Balaban J connectivity index is 2.18. The van der Waals surface area contributed by atoms with E-state index in [0.29, 0.717) is 0 Å². The monoisotopic (exact) mass is 285 g/mol. The van der Waals surface area contributed by atoms with Crippen LogP contribution in [-0.2, 0) is 0 Å². The van der Waals surface area contributed by atoms with Crippen molar-refractivity contribution in [2.75, 3.05) is 0 Å². The van der Waals surface area contributed by atoms with Gasteiger partial charge in [0.25, 0.3) is 0 Å². The van der Waals surface area contributed by atoms with E-state index in [1.165, 1.54) is 34.4 Å². The van der Waals surface area contributed by atoms with E-state index < -0.39 is 0 Å². The SMILES string of the molecule is Cc1cc(C)c(C(C)NC(C)c2ccc(F)cc2)c(C)c1. The van der Waals surface area contributed by atoms with E-state index >= 15 is 0 Å². The normalized spacial score (nSPS) is 14.0. The maximum absolute atomic E-state index is 13.0. The van der Waals surface area contributed by atoms with Crippen LogP contribution in [-0.4, -0.2) is 0 Å². The lowest BCUT2D eigenvalue weighted by Crippen LogP contribution is -2.23.